The lowest BCUT2D eigenvalue weighted by molar-refractivity contribution is 1.16. The average molecular weight is 201 g/mol. The van der Waals surface area contributed by atoms with Gasteiger partial charge in [0, 0.05) is 17.6 Å². The largest absolute Gasteiger partial charge is 0.399 e. The fourth-order valence-electron chi connectivity index (χ4n) is 1.65. The first-order chi connectivity index (χ1) is 7.20. The summed E-state index contributed by atoms with van der Waals surface area (Å²) in [5.41, 5.74) is 8.63. The average Bonchev–Trinajstić information content (AvgIpc) is 2.20. The molecule has 0 aliphatic heterocycles. The molecule has 0 atom stereocenters. The third-order valence-corrected chi connectivity index (χ3v) is 2.37. The van der Waals surface area contributed by atoms with Crippen LogP contribution in [0.5, 0.6) is 0 Å². The minimum Gasteiger partial charge on any atom is -0.399 e. The van der Waals surface area contributed by atoms with Crippen molar-refractivity contribution in [3.05, 3.63) is 29.8 Å². The highest BCUT2D eigenvalue weighted by Gasteiger charge is 2.02. The van der Waals surface area contributed by atoms with Crippen molar-refractivity contribution >= 4 is 22.4 Å². The van der Waals surface area contributed by atoms with Gasteiger partial charge in [0.25, 0.3) is 0 Å². The van der Waals surface area contributed by atoms with Crippen LogP contribution in [0.15, 0.2) is 24.3 Å². The molecule has 1 aromatic carbocycles. The molecule has 3 heteroatoms. The van der Waals surface area contributed by atoms with Crippen LogP contribution in [0, 0.1) is 6.92 Å². The molecular weight excluding hydrogens is 186 g/mol. The van der Waals surface area contributed by atoms with E-state index < -0.39 is 0 Å². The maximum Gasteiger partial charge on any atom is 0.129 e. The van der Waals surface area contributed by atoms with Gasteiger partial charge >= 0.3 is 0 Å². The number of fused-ring (bicyclic) bond motifs is 1. The van der Waals surface area contributed by atoms with E-state index in [1.807, 2.05) is 25.1 Å². The van der Waals surface area contributed by atoms with Crippen molar-refractivity contribution in [1.29, 1.82) is 0 Å². The summed E-state index contributed by atoms with van der Waals surface area (Å²) in [5, 5.41) is 4.33. The Balaban J connectivity index is 2.60. The molecule has 0 bridgehead atoms. The molecule has 78 valence electrons. The number of benzene rings is 1. The second-order valence-electron chi connectivity index (χ2n) is 3.64. The predicted molar refractivity (Wildman–Crippen MR) is 65.1 cm³/mol. The number of nitrogens with one attached hydrogen (secondary N) is 1. The number of nitrogens with zero attached hydrogens (tertiary/aromatic N) is 1. The van der Waals surface area contributed by atoms with Crippen molar-refractivity contribution in [2.75, 3.05) is 17.6 Å². The molecule has 3 nitrogen and oxygen atoms in total. The highest BCUT2D eigenvalue weighted by atomic mass is 15.0. The van der Waals surface area contributed by atoms with E-state index in [9.17, 15) is 0 Å². The van der Waals surface area contributed by atoms with Gasteiger partial charge < -0.3 is 11.1 Å². The molecule has 0 amide bonds. The molecule has 0 saturated carbocycles. The quantitative estimate of drug-likeness (QED) is 0.734. The van der Waals surface area contributed by atoms with Crippen molar-refractivity contribution in [2.24, 2.45) is 0 Å². The Bertz CT molecular complexity index is 491. The van der Waals surface area contributed by atoms with Crippen molar-refractivity contribution in [1.82, 2.24) is 4.98 Å². The molecule has 3 N–H and O–H groups in total. The van der Waals surface area contributed by atoms with Crippen LogP contribution in [0.1, 0.15) is 12.5 Å². The fraction of sp³-hybridized carbons (Fsp3) is 0.250. The van der Waals surface area contributed by atoms with Gasteiger partial charge in [-0.25, -0.2) is 4.98 Å². The fourth-order valence-corrected chi connectivity index (χ4v) is 1.65. The Labute approximate surface area is 89.3 Å². The summed E-state index contributed by atoms with van der Waals surface area (Å²) >= 11 is 0. The number of nitrogens with two attached hydrogens (primary N) is 1. The molecule has 2 rings (SSSR count). The Morgan fingerprint density at radius 2 is 2.13 bits per heavy atom. The standard InChI is InChI=1S/C12H15N3/c1-3-14-12-8(2)6-9-7-10(13)4-5-11(9)15-12/h4-7H,3,13H2,1-2H3,(H,14,15). The number of hydrogen-bond acceptors (Lipinski definition) is 3. The molecule has 0 aliphatic rings. The van der Waals surface area contributed by atoms with Gasteiger partial charge in [0.15, 0.2) is 0 Å². The van der Waals surface area contributed by atoms with Crippen LogP contribution in [0.4, 0.5) is 11.5 Å². The summed E-state index contributed by atoms with van der Waals surface area (Å²) in [5.74, 6) is 0.953. The van der Waals surface area contributed by atoms with Crippen molar-refractivity contribution in [3.8, 4) is 0 Å². The summed E-state index contributed by atoms with van der Waals surface area (Å²) in [7, 11) is 0. The second-order valence-corrected chi connectivity index (χ2v) is 3.64. The molecule has 1 heterocycles. The van der Waals surface area contributed by atoms with Crippen LogP contribution in [0.3, 0.4) is 0 Å². The molecule has 0 aliphatic carbocycles. The van der Waals surface area contributed by atoms with Crippen LogP contribution >= 0.6 is 0 Å². The summed E-state index contributed by atoms with van der Waals surface area (Å²) in [6.45, 7) is 5.00. The van der Waals surface area contributed by atoms with E-state index in [1.165, 1.54) is 0 Å². The van der Waals surface area contributed by atoms with E-state index in [4.69, 9.17) is 5.73 Å². The maximum absolute atomic E-state index is 5.73. The van der Waals surface area contributed by atoms with Gasteiger partial charge in [0.1, 0.15) is 5.82 Å². The summed E-state index contributed by atoms with van der Waals surface area (Å²) in [6, 6.07) is 7.88. The van der Waals surface area contributed by atoms with E-state index in [-0.39, 0.29) is 0 Å². The zero-order valence-corrected chi connectivity index (χ0v) is 9.04. The summed E-state index contributed by atoms with van der Waals surface area (Å²) < 4.78 is 0. The molecule has 1 aromatic heterocycles. The third-order valence-electron chi connectivity index (χ3n) is 2.37. The molecule has 0 saturated heterocycles. The smallest absolute Gasteiger partial charge is 0.129 e. The number of aryl methyl sites for hydroxylation is 1. The Morgan fingerprint density at radius 1 is 1.33 bits per heavy atom. The molecular formula is C12H15N3. The van der Waals surface area contributed by atoms with Crippen LogP contribution in [0.25, 0.3) is 10.9 Å². The van der Waals surface area contributed by atoms with E-state index in [2.05, 4.69) is 23.3 Å². The van der Waals surface area contributed by atoms with Crippen molar-refractivity contribution < 1.29 is 0 Å². The van der Waals surface area contributed by atoms with Crippen LogP contribution in [0.2, 0.25) is 0 Å². The van der Waals surface area contributed by atoms with Crippen molar-refractivity contribution in [3.63, 3.8) is 0 Å². The van der Waals surface area contributed by atoms with Gasteiger partial charge in [-0.05, 0) is 43.7 Å². The van der Waals surface area contributed by atoms with Gasteiger partial charge in [-0.2, -0.15) is 0 Å². The van der Waals surface area contributed by atoms with Gasteiger partial charge in [-0.3, -0.25) is 0 Å². The van der Waals surface area contributed by atoms with E-state index in [1.54, 1.807) is 0 Å². The molecule has 0 radical (unpaired) electrons. The molecule has 15 heavy (non-hydrogen) atoms. The number of anilines is 2. The molecule has 0 unspecified atom stereocenters. The topological polar surface area (TPSA) is 50.9 Å². The summed E-state index contributed by atoms with van der Waals surface area (Å²) in [6.07, 6.45) is 0. The first-order valence-electron chi connectivity index (χ1n) is 5.11. The minimum absolute atomic E-state index is 0.778. The van der Waals surface area contributed by atoms with Gasteiger partial charge in [-0.15, -0.1) is 0 Å². The molecule has 0 fully saturated rings. The number of nitrogen functional groups attached to an aromatic ring is 1. The van der Waals surface area contributed by atoms with Crippen LogP contribution in [-0.4, -0.2) is 11.5 Å². The van der Waals surface area contributed by atoms with Crippen LogP contribution < -0.4 is 11.1 Å². The second kappa shape index (κ2) is 3.77. The number of pyridine rings is 1. The van der Waals surface area contributed by atoms with E-state index in [0.717, 1.165) is 34.5 Å². The summed E-state index contributed by atoms with van der Waals surface area (Å²) in [4.78, 5) is 4.54. The number of aromatic nitrogens is 1. The monoisotopic (exact) mass is 201 g/mol. The zero-order valence-electron chi connectivity index (χ0n) is 9.04. The lowest BCUT2D eigenvalue weighted by Gasteiger charge is -2.08. The highest BCUT2D eigenvalue weighted by molar-refractivity contribution is 5.84. The first kappa shape index (κ1) is 9.77. The van der Waals surface area contributed by atoms with E-state index in [0.29, 0.717) is 0 Å². The highest BCUT2D eigenvalue weighted by Crippen LogP contribution is 2.21. The Morgan fingerprint density at radius 3 is 2.87 bits per heavy atom. The Hall–Kier alpha value is -1.77. The normalized spacial score (nSPS) is 10.5. The van der Waals surface area contributed by atoms with E-state index >= 15 is 0 Å². The predicted octanol–water partition coefficient (Wildman–Crippen LogP) is 2.56. The molecule has 2 aromatic rings. The van der Waals surface area contributed by atoms with Gasteiger partial charge in [-0.1, -0.05) is 0 Å². The number of hydrogen-bond donors (Lipinski definition) is 2. The maximum atomic E-state index is 5.73. The SMILES string of the molecule is CCNc1nc2ccc(N)cc2cc1C. The van der Waals surface area contributed by atoms with Crippen molar-refractivity contribution in [2.45, 2.75) is 13.8 Å². The van der Waals surface area contributed by atoms with Crippen LogP contribution in [-0.2, 0) is 0 Å². The lowest BCUT2D eigenvalue weighted by Crippen LogP contribution is -2.01. The Kier molecular flexibility index (Phi) is 2.46. The zero-order chi connectivity index (χ0) is 10.8. The van der Waals surface area contributed by atoms with Gasteiger partial charge in [0.2, 0.25) is 0 Å². The lowest BCUT2D eigenvalue weighted by atomic mass is 10.1. The minimum atomic E-state index is 0.778. The first-order valence-corrected chi connectivity index (χ1v) is 5.11. The third kappa shape index (κ3) is 1.86. The van der Waals surface area contributed by atoms with Gasteiger partial charge in [0.05, 0.1) is 5.52 Å². The molecule has 0 spiro atoms. The number of rotatable bonds is 2.